The maximum atomic E-state index is 4.23. The zero-order valence-corrected chi connectivity index (χ0v) is 9.90. The molecule has 1 nitrogen and oxygen atoms in total. The van der Waals surface area contributed by atoms with E-state index in [1.54, 1.807) is 0 Å². The highest BCUT2D eigenvalue weighted by atomic mass is 127. The summed E-state index contributed by atoms with van der Waals surface area (Å²) in [5, 5.41) is 0. The summed E-state index contributed by atoms with van der Waals surface area (Å²) >= 11 is 2.05. The first-order chi connectivity index (χ1) is 4.96. The Kier molecular flexibility index (Phi) is 4.29. The van der Waals surface area contributed by atoms with Crippen LogP contribution in [0.1, 0.15) is 34.1 Å². The number of nitrogens with zero attached hydrogens (tertiary/aromatic N) is 1. The molecule has 0 atom stereocenters. The zero-order valence-electron chi connectivity index (χ0n) is 7.74. The van der Waals surface area contributed by atoms with Gasteiger partial charge in [-0.05, 0) is 13.3 Å². The zero-order chi connectivity index (χ0) is 9.07. The molecule has 0 amide bonds. The Balaban J connectivity index is 4.66. The summed E-state index contributed by atoms with van der Waals surface area (Å²) in [6, 6.07) is 0. The van der Waals surface area contributed by atoms with Crippen LogP contribution in [0.4, 0.5) is 0 Å². The van der Waals surface area contributed by atoms with Gasteiger partial charge in [0.15, 0.2) is 0 Å². The standard InChI is InChI=1S/C9H16IN/c1-6-8(11-10)9(4,5)7(2)3/h2,6H2,1,3-5H3/b11-8+. The lowest BCUT2D eigenvalue weighted by Crippen LogP contribution is -2.23. The van der Waals surface area contributed by atoms with Crippen LogP contribution in [0, 0.1) is 5.41 Å². The molecule has 0 radical (unpaired) electrons. The summed E-state index contributed by atoms with van der Waals surface area (Å²) < 4.78 is 4.23. The van der Waals surface area contributed by atoms with Crippen LogP contribution in [0.3, 0.4) is 0 Å². The molecule has 0 heterocycles. The van der Waals surface area contributed by atoms with Crippen molar-refractivity contribution in [2.45, 2.75) is 34.1 Å². The van der Waals surface area contributed by atoms with Crippen LogP contribution in [-0.4, -0.2) is 5.71 Å². The Morgan fingerprint density at radius 2 is 2.00 bits per heavy atom. The molecule has 0 aliphatic rings. The normalized spacial score (nSPS) is 13.4. The predicted molar refractivity (Wildman–Crippen MR) is 60.3 cm³/mol. The number of allylic oxidation sites excluding steroid dienone is 1. The summed E-state index contributed by atoms with van der Waals surface area (Å²) in [6.07, 6.45) is 1.00. The lowest BCUT2D eigenvalue weighted by Gasteiger charge is -2.25. The van der Waals surface area contributed by atoms with Gasteiger partial charge in [0.2, 0.25) is 0 Å². The monoisotopic (exact) mass is 265 g/mol. The van der Waals surface area contributed by atoms with Gasteiger partial charge in [0.1, 0.15) is 0 Å². The van der Waals surface area contributed by atoms with E-state index in [9.17, 15) is 0 Å². The molecule has 0 bridgehead atoms. The van der Waals surface area contributed by atoms with Crippen LogP contribution < -0.4 is 0 Å². The van der Waals surface area contributed by atoms with Crippen LogP contribution in [0.2, 0.25) is 0 Å². The van der Waals surface area contributed by atoms with Crippen molar-refractivity contribution < 1.29 is 0 Å². The summed E-state index contributed by atoms with van der Waals surface area (Å²) in [5.41, 5.74) is 2.45. The molecule has 11 heavy (non-hydrogen) atoms. The first-order valence-corrected chi connectivity index (χ1v) is 4.77. The van der Waals surface area contributed by atoms with Gasteiger partial charge in [0.05, 0.1) is 22.9 Å². The van der Waals surface area contributed by atoms with E-state index in [4.69, 9.17) is 0 Å². The average Bonchev–Trinajstić information content (AvgIpc) is 1.89. The highest BCUT2D eigenvalue weighted by Crippen LogP contribution is 2.28. The van der Waals surface area contributed by atoms with E-state index in [1.807, 2.05) is 0 Å². The second-order valence-electron chi connectivity index (χ2n) is 3.29. The number of hydrogen-bond donors (Lipinski definition) is 0. The van der Waals surface area contributed by atoms with Crippen molar-refractivity contribution >= 4 is 28.6 Å². The van der Waals surface area contributed by atoms with Crippen LogP contribution in [-0.2, 0) is 0 Å². The molecule has 0 rings (SSSR count). The Labute approximate surface area is 83.5 Å². The van der Waals surface area contributed by atoms with Gasteiger partial charge < -0.3 is 0 Å². The van der Waals surface area contributed by atoms with E-state index in [0.717, 1.165) is 6.42 Å². The maximum Gasteiger partial charge on any atom is 0.0830 e. The van der Waals surface area contributed by atoms with E-state index < -0.39 is 0 Å². The minimum Gasteiger partial charge on any atom is -0.223 e. The molecule has 0 aromatic heterocycles. The molecule has 0 aromatic carbocycles. The minimum atomic E-state index is 0.0654. The van der Waals surface area contributed by atoms with Crippen LogP contribution in [0.5, 0.6) is 0 Å². The second kappa shape index (κ2) is 4.24. The molecule has 0 spiro atoms. The van der Waals surface area contributed by atoms with E-state index >= 15 is 0 Å². The maximum absolute atomic E-state index is 4.23. The summed E-state index contributed by atoms with van der Waals surface area (Å²) in [6.45, 7) is 12.5. The predicted octanol–water partition coefficient (Wildman–Crippen LogP) is 3.79. The van der Waals surface area contributed by atoms with Gasteiger partial charge in [-0.15, -0.1) is 0 Å². The van der Waals surface area contributed by atoms with Gasteiger partial charge >= 0.3 is 0 Å². The fourth-order valence-electron chi connectivity index (χ4n) is 0.854. The molecule has 64 valence electrons. The van der Waals surface area contributed by atoms with Crippen molar-refractivity contribution in [3.8, 4) is 0 Å². The molecule has 2 heteroatoms. The average molecular weight is 265 g/mol. The minimum absolute atomic E-state index is 0.0654. The first-order valence-electron chi connectivity index (χ1n) is 3.81. The largest absolute Gasteiger partial charge is 0.223 e. The molecule has 0 unspecified atom stereocenters. The summed E-state index contributed by atoms with van der Waals surface area (Å²) in [5.74, 6) is 0. The van der Waals surface area contributed by atoms with Crippen molar-refractivity contribution in [2.75, 3.05) is 0 Å². The van der Waals surface area contributed by atoms with E-state index in [1.165, 1.54) is 11.3 Å². The Hall–Kier alpha value is 0.140. The molecule has 0 N–H and O–H groups in total. The molecule has 0 aliphatic carbocycles. The number of hydrogen-bond acceptors (Lipinski definition) is 1. The lowest BCUT2D eigenvalue weighted by molar-refractivity contribution is 0.619. The highest BCUT2D eigenvalue weighted by molar-refractivity contribution is 14.1. The van der Waals surface area contributed by atoms with Crippen molar-refractivity contribution in [2.24, 2.45) is 8.62 Å². The smallest absolute Gasteiger partial charge is 0.0830 e. The Morgan fingerprint density at radius 3 is 2.09 bits per heavy atom. The fourth-order valence-corrected chi connectivity index (χ4v) is 1.80. The summed E-state index contributed by atoms with van der Waals surface area (Å²) in [7, 11) is 0. The molecule has 0 fully saturated rings. The van der Waals surface area contributed by atoms with Gasteiger partial charge in [-0.3, -0.25) is 0 Å². The number of rotatable bonds is 3. The van der Waals surface area contributed by atoms with Gasteiger partial charge in [-0.1, -0.05) is 32.9 Å². The Bertz CT molecular complexity index is 180. The second-order valence-corrected chi connectivity index (χ2v) is 3.77. The third-order valence-corrected chi connectivity index (χ3v) is 2.81. The fraction of sp³-hybridized carbons (Fsp3) is 0.667. The molecule has 0 aliphatic heterocycles. The third-order valence-electron chi connectivity index (χ3n) is 2.23. The van der Waals surface area contributed by atoms with Gasteiger partial charge in [-0.25, -0.2) is 3.21 Å². The first kappa shape index (κ1) is 11.1. The Morgan fingerprint density at radius 1 is 1.55 bits per heavy atom. The van der Waals surface area contributed by atoms with E-state index in [0.29, 0.717) is 0 Å². The quantitative estimate of drug-likeness (QED) is 0.418. The van der Waals surface area contributed by atoms with Crippen molar-refractivity contribution in [1.29, 1.82) is 0 Å². The van der Waals surface area contributed by atoms with Crippen LogP contribution >= 0.6 is 22.9 Å². The lowest BCUT2D eigenvalue weighted by atomic mass is 9.80. The van der Waals surface area contributed by atoms with Gasteiger partial charge in [-0.2, -0.15) is 0 Å². The molecular formula is C9H16IN. The highest BCUT2D eigenvalue weighted by Gasteiger charge is 2.23. The topological polar surface area (TPSA) is 12.4 Å². The molecular weight excluding hydrogens is 249 g/mol. The molecule has 0 aromatic rings. The van der Waals surface area contributed by atoms with E-state index in [2.05, 4.69) is 60.3 Å². The SMILES string of the molecule is C=C(C)C(C)(C)/C(CC)=N/I. The van der Waals surface area contributed by atoms with Crippen LogP contribution in [0.15, 0.2) is 15.4 Å². The summed E-state index contributed by atoms with van der Waals surface area (Å²) in [4.78, 5) is 0. The van der Waals surface area contributed by atoms with Gasteiger partial charge in [0, 0.05) is 11.1 Å². The third kappa shape index (κ3) is 2.58. The van der Waals surface area contributed by atoms with Crippen molar-refractivity contribution in [1.82, 2.24) is 0 Å². The van der Waals surface area contributed by atoms with Gasteiger partial charge in [0.25, 0.3) is 0 Å². The van der Waals surface area contributed by atoms with Crippen LogP contribution in [0.25, 0.3) is 0 Å². The van der Waals surface area contributed by atoms with E-state index in [-0.39, 0.29) is 5.41 Å². The van der Waals surface area contributed by atoms with Crippen molar-refractivity contribution in [3.63, 3.8) is 0 Å². The molecule has 0 saturated carbocycles. The number of halogens is 1. The molecule has 0 saturated heterocycles. The van der Waals surface area contributed by atoms with Crippen molar-refractivity contribution in [3.05, 3.63) is 12.2 Å².